The summed E-state index contributed by atoms with van der Waals surface area (Å²) in [4.78, 5) is 18.0. The van der Waals surface area contributed by atoms with Crippen molar-refractivity contribution in [2.45, 2.75) is 6.18 Å². The third-order valence-corrected chi connectivity index (χ3v) is 4.85. The van der Waals surface area contributed by atoms with Crippen LogP contribution in [0.1, 0.15) is 15.9 Å². The minimum atomic E-state index is -4.51. The highest BCUT2D eigenvalue weighted by Gasteiger charge is 2.31. The summed E-state index contributed by atoms with van der Waals surface area (Å²) >= 11 is 1.46. The van der Waals surface area contributed by atoms with E-state index in [1.54, 1.807) is 22.7 Å². The molecule has 0 bridgehead atoms. The normalized spacial score (nSPS) is 11.7. The van der Waals surface area contributed by atoms with Crippen LogP contribution in [0.15, 0.2) is 66.2 Å². The molecule has 1 N–H and O–H groups in total. The molecule has 3 aromatic heterocycles. The maximum absolute atomic E-state index is 12.9. The minimum absolute atomic E-state index is 0.0761. The maximum atomic E-state index is 12.9. The third-order valence-electron chi connectivity index (χ3n) is 3.97. The molecule has 1 amide bonds. The number of imidazole rings is 1. The summed E-state index contributed by atoms with van der Waals surface area (Å²) in [7, 11) is 0. The molecular weight excluding hydrogens is 375 g/mol. The predicted octanol–water partition coefficient (Wildman–Crippen LogP) is 5.33. The Hall–Kier alpha value is -3.13. The second-order valence-electron chi connectivity index (χ2n) is 5.75. The standard InChI is InChI=1S/C19H12F3N3OS/c20-19(21,22)13-6-3-5-12(11-13)18(26)24-17-16(14-7-4-10-27-14)23-15-8-1-2-9-25(15)17/h1-11H,(H,24,26). The molecule has 0 unspecified atom stereocenters. The van der Waals surface area contributed by atoms with Gasteiger partial charge in [0.25, 0.3) is 5.91 Å². The zero-order valence-electron chi connectivity index (χ0n) is 13.7. The quantitative estimate of drug-likeness (QED) is 0.516. The van der Waals surface area contributed by atoms with Crippen molar-refractivity contribution in [2.75, 3.05) is 5.32 Å². The number of anilines is 1. The fourth-order valence-electron chi connectivity index (χ4n) is 2.72. The molecule has 8 heteroatoms. The summed E-state index contributed by atoms with van der Waals surface area (Å²) < 4.78 is 40.5. The van der Waals surface area contributed by atoms with Gasteiger partial charge in [-0.2, -0.15) is 13.2 Å². The van der Waals surface area contributed by atoms with E-state index in [-0.39, 0.29) is 5.56 Å². The van der Waals surface area contributed by atoms with Gasteiger partial charge in [-0.3, -0.25) is 9.20 Å². The van der Waals surface area contributed by atoms with Crippen LogP contribution in [0.3, 0.4) is 0 Å². The van der Waals surface area contributed by atoms with Gasteiger partial charge in [0.05, 0.1) is 10.4 Å². The van der Waals surface area contributed by atoms with E-state index in [1.807, 2.05) is 23.6 Å². The molecular formula is C19H12F3N3OS. The maximum Gasteiger partial charge on any atom is 0.416 e. The van der Waals surface area contributed by atoms with E-state index >= 15 is 0 Å². The lowest BCUT2D eigenvalue weighted by Gasteiger charge is -2.10. The number of hydrogen-bond donors (Lipinski definition) is 1. The number of halogens is 3. The Morgan fingerprint density at radius 2 is 1.93 bits per heavy atom. The number of hydrogen-bond acceptors (Lipinski definition) is 3. The fourth-order valence-corrected chi connectivity index (χ4v) is 3.43. The van der Waals surface area contributed by atoms with Crippen LogP contribution in [0.2, 0.25) is 0 Å². The molecule has 27 heavy (non-hydrogen) atoms. The highest BCUT2D eigenvalue weighted by molar-refractivity contribution is 7.13. The van der Waals surface area contributed by atoms with Crippen LogP contribution in [0, 0.1) is 0 Å². The molecule has 3 heterocycles. The summed E-state index contributed by atoms with van der Waals surface area (Å²) in [6.45, 7) is 0. The molecule has 0 aliphatic heterocycles. The Bertz CT molecular complexity index is 1120. The van der Waals surface area contributed by atoms with Crippen LogP contribution in [0.5, 0.6) is 0 Å². The number of carbonyl (C=O) groups excluding carboxylic acids is 1. The number of benzene rings is 1. The Morgan fingerprint density at radius 1 is 1.07 bits per heavy atom. The molecule has 0 fully saturated rings. The third kappa shape index (κ3) is 3.31. The summed E-state index contributed by atoms with van der Waals surface area (Å²) in [5.74, 6) is -0.222. The second kappa shape index (κ2) is 6.55. The predicted molar refractivity (Wildman–Crippen MR) is 97.9 cm³/mol. The van der Waals surface area contributed by atoms with E-state index < -0.39 is 17.6 Å². The van der Waals surface area contributed by atoms with Crippen molar-refractivity contribution >= 4 is 28.7 Å². The van der Waals surface area contributed by atoms with Crippen LogP contribution in [-0.2, 0) is 6.18 Å². The molecule has 4 aromatic rings. The average molecular weight is 387 g/mol. The van der Waals surface area contributed by atoms with Crippen LogP contribution in [0.4, 0.5) is 19.0 Å². The smallest absolute Gasteiger partial charge is 0.306 e. The number of pyridine rings is 1. The van der Waals surface area contributed by atoms with Crippen molar-refractivity contribution in [3.63, 3.8) is 0 Å². The number of thiophene rings is 1. The number of amides is 1. The Kier molecular flexibility index (Phi) is 4.19. The van der Waals surface area contributed by atoms with Crippen LogP contribution in [0.25, 0.3) is 16.2 Å². The molecule has 0 aliphatic carbocycles. The van der Waals surface area contributed by atoms with Crippen molar-refractivity contribution in [1.82, 2.24) is 9.38 Å². The Labute approximate surface area is 155 Å². The molecule has 0 saturated heterocycles. The molecule has 0 atom stereocenters. The monoisotopic (exact) mass is 387 g/mol. The van der Waals surface area contributed by atoms with Gasteiger partial charge in [0.2, 0.25) is 0 Å². The van der Waals surface area contributed by atoms with E-state index in [2.05, 4.69) is 10.3 Å². The topological polar surface area (TPSA) is 46.4 Å². The van der Waals surface area contributed by atoms with Gasteiger partial charge in [0.1, 0.15) is 17.2 Å². The Balaban J connectivity index is 1.75. The lowest BCUT2D eigenvalue weighted by atomic mass is 10.1. The molecule has 136 valence electrons. The summed E-state index contributed by atoms with van der Waals surface area (Å²) in [6.07, 6.45) is -2.77. The van der Waals surface area contributed by atoms with Gasteiger partial charge in [0, 0.05) is 11.8 Å². The van der Waals surface area contributed by atoms with Crippen LogP contribution >= 0.6 is 11.3 Å². The first kappa shape index (κ1) is 17.3. The van der Waals surface area contributed by atoms with E-state index in [4.69, 9.17) is 0 Å². The van der Waals surface area contributed by atoms with Gasteiger partial charge in [-0.15, -0.1) is 11.3 Å². The first-order valence-corrected chi connectivity index (χ1v) is 8.81. The lowest BCUT2D eigenvalue weighted by Crippen LogP contribution is -2.15. The zero-order chi connectivity index (χ0) is 19.0. The number of aromatic nitrogens is 2. The average Bonchev–Trinajstić information content (AvgIpc) is 3.29. The minimum Gasteiger partial charge on any atom is -0.306 e. The van der Waals surface area contributed by atoms with Gasteiger partial charge in [-0.25, -0.2) is 4.98 Å². The fraction of sp³-hybridized carbons (Fsp3) is 0.0526. The summed E-state index contributed by atoms with van der Waals surface area (Å²) in [5.41, 5.74) is 0.247. The summed E-state index contributed by atoms with van der Waals surface area (Å²) in [5, 5.41) is 4.60. The molecule has 4 nitrogen and oxygen atoms in total. The van der Waals surface area contributed by atoms with E-state index in [0.29, 0.717) is 17.2 Å². The van der Waals surface area contributed by atoms with Crippen molar-refractivity contribution in [3.05, 3.63) is 77.3 Å². The SMILES string of the molecule is O=C(Nc1c(-c2cccs2)nc2ccccn12)c1cccc(C(F)(F)F)c1. The number of fused-ring (bicyclic) bond motifs is 1. The first-order valence-electron chi connectivity index (χ1n) is 7.93. The molecule has 1 aromatic carbocycles. The lowest BCUT2D eigenvalue weighted by molar-refractivity contribution is -0.137. The number of nitrogens with one attached hydrogen (secondary N) is 1. The highest BCUT2D eigenvalue weighted by atomic mass is 32.1. The zero-order valence-corrected chi connectivity index (χ0v) is 14.5. The van der Waals surface area contributed by atoms with E-state index in [0.717, 1.165) is 17.0 Å². The van der Waals surface area contributed by atoms with Crippen molar-refractivity contribution in [1.29, 1.82) is 0 Å². The van der Waals surface area contributed by atoms with Gasteiger partial charge in [-0.05, 0) is 41.8 Å². The van der Waals surface area contributed by atoms with Crippen molar-refractivity contribution in [3.8, 4) is 10.6 Å². The van der Waals surface area contributed by atoms with Gasteiger partial charge >= 0.3 is 6.18 Å². The van der Waals surface area contributed by atoms with E-state index in [1.165, 1.54) is 23.5 Å². The summed E-state index contributed by atoms with van der Waals surface area (Å²) in [6, 6.07) is 13.5. The number of carbonyl (C=O) groups is 1. The van der Waals surface area contributed by atoms with E-state index in [9.17, 15) is 18.0 Å². The van der Waals surface area contributed by atoms with Gasteiger partial charge in [-0.1, -0.05) is 18.2 Å². The van der Waals surface area contributed by atoms with Crippen LogP contribution in [-0.4, -0.2) is 15.3 Å². The highest BCUT2D eigenvalue weighted by Crippen LogP contribution is 2.33. The molecule has 0 aliphatic rings. The molecule has 0 saturated carbocycles. The van der Waals surface area contributed by atoms with Gasteiger partial charge < -0.3 is 5.32 Å². The largest absolute Gasteiger partial charge is 0.416 e. The molecule has 4 rings (SSSR count). The second-order valence-corrected chi connectivity index (χ2v) is 6.70. The Morgan fingerprint density at radius 3 is 2.67 bits per heavy atom. The number of alkyl halides is 3. The van der Waals surface area contributed by atoms with Crippen molar-refractivity contribution < 1.29 is 18.0 Å². The number of nitrogens with zero attached hydrogens (tertiary/aromatic N) is 2. The van der Waals surface area contributed by atoms with Gasteiger partial charge in [0.15, 0.2) is 0 Å². The molecule has 0 spiro atoms. The first-order chi connectivity index (χ1) is 12.9. The number of rotatable bonds is 3. The van der Waals surface area contributed by atoms with Crippen molar-refractivity contribution in [2.24, 2.45) is 0 Å². The van der Waals surface area contributed by atoms with Crippen LogP contribution < -0.4 is 5.32 Å². The molecule has 0 radical (unpaired) electrons.